The summed E-state index contributed by atoms with van der Waals surface area (Å²) in [5.41, 5.74) is 0.329. The molecule has 3 fully saturated rings. The first-order valence-corrected chi connectivity index (χ1v) is 8.47. The largest absolute Gasteiger partial charge is 0.381 e. The van der Waals surface area contributed by atoms with Crippen LogP contribution in [0.5, 0.6) is 0 Å². The van der Waals surface area contributed by atoms with Gasteiger partial charge in [0.15, 0.2) is 0 Å². The normalized spacial score (nSPS) is 38.9. The van der Waals surface area contributed by atoms with Gasteiger partial charge >= 0.3 is 0 Å². The zero-order chi connectivity index (χ0) is 13.8. The molecule has 2 aliphatic heterocycles. The molecule has 4 nitrogen and oxygen atoms in total. The van der Waals surface area contributed by atoms with E-state index >= 15 is 0 Å². The van der Waals surface area contributed by atoms with E-state index in [1.54, 1.807) is 0 Å². The number of nitrogens with one attached hydrogen (secondary N) is 1. The second-order valence-corrected chi connectivity index (χ2v) is 6.81. The summed E-state index contributed by atoms with van der Waals surface area (Å²) in [6, 6.07) is 0.664. The highest BCUT2D eigenvalue weighted by Gasteiger charge is 2.41. The van der Waals surface area contributed by atoms with Gasteiger partial charge in [0.1, 0.15) is 0 Å². The van der Waals surface area contributed by atoms with Crippen molar-refractivity contribution in [2.24, 2.45) is 5.41 Å². The van der Waals surface area contributed by atoms with Crippen molar-refractivity contribution < 1.29 is 9.47 Å². The Morgan fingerprint density at radius 2 is 2.15 bits per heavy atom. The summed E-state index contributed by atoms with van der Waals surface area (Å²) in [6.45, 7) is 9.40. The van der Waals surface area contributed by atoms with Crippen molar-refractivity contribution in [3.05, 3.63) is 0 Å². The molecule has 3 rings (SSSR count). The number of ether oxygens (including phenoxy) is 2. The summed E-state index contributed by atoms with van der Waals surface area (Å²) in [7, 11) is 0. The van der Waals surface area contributed by atoms with Gasteiger partial charge < -0.3 is 14.8 Å². The minimum atomic E-state index is 0.329. The topological polar surface area (TPSA) is 33.7 Å². The summed E-state index contributed by atoms with van der Waals surface area (Å²) in [6.07, 6.45) is 7.00. The molecule has 0 aromatic rings. The molecular weight excluding hydrogens is 252 g/mol. The van der Waals surface area contributed by atoms with E-state index in [-0.39, 0.29) is 0 Å². The lowest BCUT2D eigenvalue weighted by atomic mass is 9.83. The number of hydrogen-bond acceptors (Lipinski definition) is 4. The Balaban J connectivity index is 1.64. The van der Waals surface area contributed by atoms with Crippen LogP contribution >= 0.6 is 0 Å². The van der Waals surface area contributed by atoms with Crippen LogP contribution in [0.4, 0.5) is 0 Å². The zero-order valence-corrected chi connectivity index (χ0v) is 12.9. The third kappa shape index (κ3) is 3.19. The van der Waals surface area contributed by atoms with E-state index in [2.05, 4.69) is 17.1 Å². The first-order chi connectivity index (χ1) is 9.83. The van der Waals surface area contributed by atoms with Crippen molar-refractivity contribution in [1.29, 1.82) is 0 Å². The number of nitrogens with zero attached hydrogens (tertiary/aromatic N) is 1. The fourth-order valence-electron chi connectivity index (χ4n) is 4.16. The fraction of sp³-hybridized carbons (Fsp3) is 1.00. The number of rotatable bonds is 5. The lowest BCUT2D eigenvalue weighted by molar-refractivity contribution is -0.0990. The van der Waals surface area contributed by atoms with E-state index < -0.39 is 0 Å². The van der Waals surface area contributed by atoms with Crippen LogP contribution in [-0.2, 0) is 9.47 Å². The Hall–Kier alpha value is -0.160. The van der Waals surface area contributed by atoms with Crippen molar-refractivity contribution in [2.75, 3.05) is 46.0 Å². The molecule has 4 heteroatoms. The van der Waals surface area contributed by atoms with Crippen LogP contribution in [0.15, 0.2) is 0 Å². The Bertz CT molecular complexity index is 303. The zero-order valence-electron chi connectivity index (χ0n) is 12.9. The highest BCUT2D eigenvalue weighted by Crippen LogP contribution is 2.34. The van der Waals surface area contributed by atoms with Crippen molar-refractivity contribution in [3.8, 4) is 0 Å². The van der Waals surface area contributed by atoms with Gasteiger partial charge in [0.25, 0.3) is 0 Å². The van der Waals surface area contributed by atoms with Crippen LogP contribution in [0, 0.1) is 5.41 Å². The molecule has 0 aromatic heterocycles. The van der Waals surface area contributed by atoms with Gasteiger partial charge in [0, 0.05) is 37.7 Å². The summed E-state index contributed by atoms with van der Waals surface area (Å²) in [4.78, 5) is 2.72. The predicted octanol–water partition coefficient (Wildman–Crippen LogP) is 1.65. The first-order valence-electron chi connectivity index (χ1n) is 8.47. The molecule has 1 saturated carbocycles. The van der Waals surface area contributed by atoms with E-state index in [1.807, 2.05) is 0 Å². The van der Waals surface area contributed by atoms with Crippen molar-refractivity contribution in [3.63, 3.8) is 0 Å². The third-order valence-electron chi connectivity index (χ3n) is 5.32. The summed E-state index contributed by atoms with van der Waals surface area (Å²) >= 11 is 0. The molecule has 0 amide bonds. The lowest BCUT2D eigenvalue weighted by Crippen LogP contribution is -2.57. The number of fused-ring (bicyclic) bond motifs is 1. The Kier molecular flexibility index (Phi) is 4.97. The molecule has 0 spiro atoms. The van der Waals surface area contributed by atoms with Crippen LogP contribution in [0.1, 0.15) is 39.0 Å². The molecule has 2 heterocycles. The maximum Gasteiger partial charge on any atom is 0.0730 e. The molecule has 0 radical (unpaired) electrons. The van der Waals surface area contributed by atoms with Crippen LogP contribution in [-0.4, -0.2) is 63.0 Å². The van der Waals surface area contributed by atoms with Crippen molar-refractivity contribution in [2.45, 2.75) is 51.2 Å². The third-order valence-corrected chi connectivity index (χ3v) is 5.32. The monoisotopic (exact) mass is 282 g/mol. The minimum absolute atomic E-state index is 0.329. The van der Waals surface area contributed by atoms with Crippen LogP contribution in [0.25, 0.3) is 0 Å². The molecule has 1 N–H and O–H groups in total. The fourth-order valence-corrected chi connectivity index (χ4v) is 4.16. The van der Waals surface area contributed by atoms with Gasteiger partial charge in [-0.25, -0.2) is 0 Å². The van der Waals surface area contributed by atoms with E-state index in [4.69, 9.17) is 9.47 Å². The van der Waals surface area contributed by atoms with E-state index in [9.17, 15) is 0 Å². The number of morpholine rings is 1. The highest BCUT2D eigenvalue weighted by atomic mass is 16.5. The van der Waals surface area contributed by atoms with Gasteiger partial charge in [0.2, 0.25) is 0 Å². The second kappa shape index (κ2) is 6.73. The van der Waals surface area contributed by atoms with Gasteiger partial charge in [-0.15, -0.1) is 0 Å². The standard InChI is InChI=1S/C16H30N2O2/c1-2-17-11-16(7-9-19-13-16)12-18-8-10-20-15-6-4-3-5-14(15)18/h14-15,17H,2-13H2,1H3. The van der Waals surface area contributed by atoms with Crippen LogP contribution in [0.3, 0.4) is 0 Å². The summed E-state index contributed by atoms with van der Waals surface area (Å²) < 4.78 is 11.7. The molecule has 20 heavy (non-hydrogen) atoms. The Morgan fingerprint density at radius 3 is 2.95 bits per heavy atom. The van der Waals surface area contributed by atoms with Crippen molar-refractivity contribution >= 4 is 0 Å². The SMILES string of the molecule is CCNCC1(CN2CCOC3CCCCC32)CCOC1. The molecule has 3 unspecified atom stereocenters. The van der Waals surface area contributed by atoms with E-state index in [0.29, 0.717) is 17.6 Å². The van der Waals surface area contributed by atoms with Gasteiger partial charge in [-0.3, -0.25) is 4.90 Å². The van der Waals surface area contributed by atoms with E-state index in [1.165, 1.54) is 38.6 Å². The molecular formula is C16H30N2O2. The second-order valence-electron chi connectivity index (χ2n) is 6.81. The predicted molar refractivity (Wildman–Crippen MR) is 80.0 cm³/mol. The number of hydrogen-bond donors (Lipinski definition) is 1. The average Bonchev–Trinajstić information content (AvgIpc) is 2.95. The minimum Gasteiger partial charge on any atom is -0.381 e. The highest BCUT2D eigenvalue weighted by molar-refractivity contribution is 4.94. The molecule has 3 aliphatic rings. The van der Waals surface area contributed by atoms with Gasteiger partial charge in [-0.1, -0.05) is 19.8 Å². The van der Waals surface area contributed by atoms with Gasteiger partial charge in [-0.2, -0.15) is 0 Å². The van der Waals surface area contributed by atoms with Crippen LogP contribution in [0.2, 0.25) is 0 Å². The molecule has 3 atom stereocenters. The maximum absolute atomic E-state index is 6.00. The lowest BCUT2D eigenvalue weighted by Gasteiger charge is -2.47. The van der Waals surface area contributed by atoms with Crippen LogP contribution < -0.4 is 5.32 Å². The smallest absolute Gasteiger partial charge is 0.0730 e. The summed E-state index contributed by atoms with van der Waals surface area (Å²) in [5.74, 6) is 0. The van der Waals surface area contributed by atoms with Gasteiger partial charge in [0.05, 0.1) is 19.3 Å². The molecule has 2 saturated heterocycles. The molecule has 116 valence electrons. The van der Waals surface area contributed by atoms with Gasteiger partial charge in [-0.05, 0) is 25.8 Å². The molecule has 1 aliphatic carbocycles. The quantitative estimate of drug-likeness (QED) is 0.831. The Labute approximate surface area is 123 Å². The van der Waals surface area contributed by atoms with E-state index in [0.717, 1.165) is 39.5 Å². The summed E-state index contributed by atoms with van der Waals surface area (Å²) in [5, 5.41) is 3.55. The average molecular weight is 282 g/mol. The Morgan fingerprint density at radius 1 is 1.25 bits per heavy atom. The first kappa shape index (κ1) is 14.8. The molecule has 0 bridgehead atoms. The van der Waals surface area contributed by atoms with Crippen molar-refractivity contribution in [1.82, 2.24) is 10.2 Å². The molecule has 0 aromatic carbocycles. The maximum atomic E-state index is 6.00.